The summed E-state index contributed by atoms with van der Waals surface area (Å²) < 4.78 is 0. The quantitative estimate of drug-likeness (QED) is 0.150. The van der Waals surface area contributed by atoms with Gasteiger partial charge in [0.1, 0.15) is 0 Å². The number of aliphatic hydroxyl groups is 2. The standard InChI is InChI=1S/C27H50O2P/c1-2-3-4-5-6-7-8-9-10-11-12-13-14-15-16-20-23-30(25-28,26-29)24-27-21-18-17-19-22-27/h17-19,21-22,28-29H,2-16,20,23-26H2,1H3/q+1. The van der Waals surface area contributed by atoms with Gasteiger partial charge in [-0.15, -0.1) is 0 Å². The van der Waals surface area contributed by atoms with Gasteiger partial charge in [0.05, 0.1) is 19.6 Å². The molecule has 0 saturated heterocycles. The van der Waals surface area contributed by atoms with Crippen molar-refractivity contribution in [2.75, 3.05) is 18.9 Å². The molecular weight excluding hydrogens is 387 g/mol. The first-order valence-electron chi connectivity index (χ1n) is 12.9. The maximum atomic E-state index is 9.95. The second-order valence-electron chi connectivity index (χ2n) is 9.30. The van der Waals surface area contributed by atoms with Crippen LogP contribution in [0.4, 0.5) is 0 Å². The molecule has 0 saturated carbocycles. The summed E-state index contributed by atoms with van der Waals surface area (Å²) in [7, 11) is -1.66. The summed E-state index contributed by atoms with van der Waals surface area (Å²) in [6.07, 6.45) is 24.3. The van der Waals surface area contributed by atoms with Crippen molar-refractivity contribution in [3.8, 4) is 0 Å². The highest BCUT2D eigenvalue weighted by molar-refractivity contribution is 7.74. The van der Waals surface area contributed by atoms with Gasteiger partial charge in [-0.1, -0.05) is 127 Å². The number of hydrogen-bond acceptors (Lipinski definition) is 2. The third-order valence-corrected chi connectivity index (χ3v) is 9.95. The third kappa shape index (κ3) is 13.8. The van der Waals surface area contributed by atoms with Crippen molar-refractivity contribution in [2.45, 2.75) is 116 Å². The van der Waals surface area contributed by atoms with Gasteiger partial charge in [0, 0.05) is 0 Å². The van der Waals surface area contributed by atoms with E-state index in [1.807, 2.05) is 18.2 Å². The first-order valence-corrected chi connectivity index (χ1v) is 15.4. The first kappa shape index (κ1) is 27.6. The fourth-order valence-electron chi connectivity index (χ4n) is 4.33. The summed E-state index contributed by atoms with van der Waals surface area (Å²) in [5, 5.41) is 19.9. The molecule has 2 nitrogen and oxygen atoms in total. The Morgan fingerprint density at radius 2 is 0.967 bits per heavy atom. The van der Waals surface area contributed by atoms with Gasteiger partial charge in [-0.2, -0.15) is 0 Å². The van der Waals surface area contributed by atoms with Gasteiger partial charge in [-0.25, -0.2) is 0 Å². The Balaban J connectivity index is 1.95. The molecule has 0 heterocycles. The SMILES string of the molecule is CCCCCCCCCCCCCCCCCC[P+](CO)(CO)Cc1ccccc1. The lowest BCUT2D eigenvalue weighted by atomic mass is 10.0. The summed E-state index contributed by atoms with van der Waals surface area (Å²) in [6.45, 7) is 2.29. The highest BCUT2D eigenvalue weighted by atomic mass is 31.2. The van der Waals surface area contributed by atoms with E-state index in [0.717, 1.165) is 18.7 Å². The Labute approximate surface area is 188 Å². The molecule has 1 rings (SSSR count). The zero-order chi connectivity index (χ0) is 21.8. The number of rotatable bonds is 21. The average Bonchev–Trinajstić information content (AvgIpc) is 2.78. The first-order chi connectivity index (χ1) is 14.8. The molecule has 0 atom stereocenters. The zero-order valence-electron chi connectivity index (χ0n) is 19.9. The van der Waals surface area contributed by atoms with Crippen molar-refractivity contribution in [3.05, 3.63) is 35.9 Å². The smallest absolute Gasteiger partial charge is 0.156 e. The van der Waals surface area contributed by atoms with E-state index in [9.17, 15) is 10.2 Å². The Kier molecular flexibility index (Phi) is 17.7. The van der Waals surface area contributed by atoms with Crippen LogP contribution in [0, 0.1) is 0 Å². The Hall–Kier alpha value is -0.430. The van der Waals surface area contributed by atoms with Crippen molar-refractivity contribution in [1.29, 1.82) is 0 Å². The van der Waals surface area contributed by atoms with Crippen LogP contribution in [-0.2, 0) is 6.16 Å². The molecule has 174 valence electrons. The fraction of sp³-hybridized carbons (Fsp3) is 0.778. The van der Waals surface area contributed by atoms with Gasteiger partial charge in [0.2, 0.25) is 0 Å². The van der Waals surface area contributed by atoms with Gasteiger partial charge in [0.25, 0.3) is 0 Å². The molecule has 1 aromatic carbocycles. The molecule has 0 radical (unpaired) electrons. The highest BCUT2D eigenvalue weighted by Crippen LogP contribution is 2.60. The van der Waals surface area contributed by atoms with E-state index < -0.39 is 7.26 Å². The maximum absolute atomic E-state index is 9.95. The Bertz CT molecular complexity index is 473. The second kappa shape index (κ2) is 19.3. The van der Waals surface area contributed by atoms with Crippen LogP contribution in [0.2, 0.25) is 0 Å². The number of hydrogen-bond donors (Lipinski definition) is 2. The number of benzene rings is 1. The molecule has 30 heavy (non-hydrogen) atoms. The molecule has 0 spiro atoms. The van der Waals surface area contributed by atoms with Crippen LogP contribution >= 0.6 is 7.26 Å². The molecule has 2 N–H and O–H groups in total. The van der Waals surface area contributed by atoms with Gasteiger partial charge in [0.15, 0.2) is 12.7 Å². The monoisotopic (exact) mass is 437 g/mol. The Morgan fingerprint density at radius 1 is 0.567 bits per heavy atom. The van der Waals surface area contributed by atoms with Crippen LogP contribution in [0.25, 0.3) is 0 Å². The topological polar surface area (TPSA) is 40.5 Å². The summed E-state index contributed by atoms with van der Waals surface area (Å²) in [5.74, 6) is 0. The Morgan fingerprint density at radius 3 is 1.37 bits per heavy atom. The molecule has 0 aliphatic heterocycles. The molecule has 1 aromatic rings. The summed E-state index contributed by atoms with van der Waals surface area (Å²) in [4.78, 5) is 0. The van der Waals surface area contributed by atoms with E-state index in [1.165, 1.54) is 102 Å². The molecule has 0 unspecified atom stereocenters. The molecule has 3 heteroatoms. The molecular formula is C27H50O2P+. The number of unbranched alkanes of at least 4 members (excludes halogenated alkanes) is 15. The lowest BCUT2D eigenvalue weighted by Crippen LogP contribution is -2.10. The van der Waals surface area contributed by atoms with Gasteiger partial charge in [-0.3, -0.25) is 0 Å². The third-order valence-electron chi connectivity index (χ3n) is 6.45. The normalized spacial score (nSPS) is 11.8. The van der Waals surface area contributed by atoms with Crippen molar-refractivity contribution in [2.24, 2.45) is 0 Å². The highest BCUT2D eigenvalue weighted by Gasteiger charge is 2.35. The summed E-state index contributed by atoms with van der Waals surface area (Å²) >= 11 is 0. The molecule has 0 aliphatic rings. The number of aliphatic hydroxyl groups excluding tert-OH is 2. The lowest BCUT2D eigenvalue weighted by molar-refractivity contribution is 0.336. The molecule has 0 aliphatic carbocycles. The van der Waals surface area contributed by atoms with Crippen LogP contribution in [0.5, 0.6) is 0 Å². The summed E-state index contributed by atoms with van der Waals surface area (Å²) in [6, 6.07) is 10.4. The molecule has 0 bridgehead atoms. The van der Waals surface area contributed by atoms with Crippen molar-refractivity contribution >= 4 is 7.26 Å². The van der Waals surface area contributed by atoms with Gasteiger partial charge >= 0.3 is 0 Å². The van der Waals surface area contributed by atoms with E-state index in [4.69, 9.17) is 0 Å². The minimum atomic E-state index is -1.66. The van der Waals surface area contributed by atoms with Gasteiger partial charge in [-0.05, 0) is 18.4 Å². The molecule has 0 fully saturated rings. The van der Waals surface area contributed by atoms with Crippen LogP contribution in [0.15, 0.2) is 30.3 Å². The zero-order valence-corrected chi connectivity index (χ0v) is 20.8. The van der Waals surface area contributed by atoms with E-state index in [-0.39, 0.29) is 12.7 Å². The predicted octanol–water partition coefficient (Wildman–Crippen LogP) is 8.37. The predicted molar refractivity (Wildman–Crippen MR) is 136 cm³/mol. The van der Waals surface area contributed by atoms with E-state index in [2.05, 4.69) is 19.1 Å². The summed E-state index contributed by atoms with van der Waals surface area (Å²) in [5.41, 5.74) is 1.26. The van der Waals surface area contributed by atoms with E-state index in [1.54, 1.807) is 0 Å². The minimum absolute atomic E-state index is 0.178. The van der Waals surface area contributed by atoms with Crippen molar-refractivity contribution in [1.82, 2.24) is 0 Å². The van der Waals surface area contributed by atoms with Crippen molar-refractivity contribution < 1.29 is 10.2 Å². The van der Waals surface area contributed by atoms with Crippen molar-refractivity contribution in [3.63, 3.8) is 0 Å². The average molecular weight is 438 g/mol. The van der Waals surface area contributed by atoms with Crippen LogP contribution < -0.4 is 0 Å². The van der Waals surface area contributed by atoms with Gasteiger partial charge < -0.3 is 10.2 Å². The van der Waals surface area contributed by atoms with Crippen LogP contribution in [0.1, 0.15) is 115 Å². The van der Waals surface area contributed by atoms with Crippen LogP contribution in [-0.4, -0.2) is 29.1 Å². The second-order valence-corrected chi connectivity index (χ2v) is 13.3. The molecule has 0 amide bonds. The lowest BCUT2D eigenvalue weighted by Gasteiger charge is -2.23. The van der Waals surface area contributed by atoms with Crippen LogP contribution in [0.3, 0.4) is 0 Å². The van der Waals surface area contributed by atoms with E-state index in [0.29, 0.717) is 0 Å². The maximum Gasteiger partial charge on any atom is 0.156 e. The molecule has 0 aromatic heterocycles. The largest absolute Gasteiger partial charge is 0.362 e. The minimum Gasteiger partial charge on any atom is -0.362 e. The fourth-order valence-corrected chi connectivity index (χ4v) is 6.94. The van der Waals surface area contributed by atoms with E-state index >= 15 is 0 Å².